The van der Waals surface area contributed by atoms with Crippen LogP contribution in [0.2, 0.25) is 0 Å². The molecule has 45 heavy (non-hydrogen) atoms. The van der Waals surface area contributed by atoms with Crippen molar-refractivity contribution < 1.29 is 24.1 Å². The predicted octanol–water partition coefficient (Wildman–Crippen LogP) is 5.83. The van der Waals surface area contributed by atoms with Crippen molar-refractivity contribution >= 4 is 5.91 Å². The summed E-state index contributed by atoms with van der Waals surface area (Å²) in [4.78, 5) is 19.1. The number of carbonyl (C=O) groups excluding carboxylic acids is 1. The van der Waals surface area contributed by atoms with E-state index in [1.165, 1.54) is 6.42 Å². The van der Waals surface area contributed by atoms with E-state index < -0.39 is 6.29 Å². The van der Waals surface area contributed by atoms with Crippen molar-refractivity contribution in [1.82, 2.24) is 15.2 Å². The molecule has 6 rings (SSSR count). The van der Waals surface area contributed by atoms with Gasteiger partial charge in [-0.3, -0.25) is 14.7 Å². The van der Waals surface area contributed by atoms with Crippen LogP contribution in [-0.2, 0) is 27.4 Å². The van der Waals surface area contributed by atoms with Crippen molar-refractivity contribution in [1.29, 1.82) is 0 Å². The van der Waals surface area contributed by atoms with E-state index in [1.54, 1.807) is 31.6 Å². The van der Waals surface area contributed by atoms with Gasteiger partial charge in [-0.15, -0.1) is 0 Å². The van der Waals surface area contributed by atoms with Gasteiger partial charge in [0.2, 0.25) is 0 Å². The minimum absolute atomic E-state index is 0.0147. The van der Waals surface area contributed by atoms with Gasteiger partial charge in [0.05, 0.1) is 31.0 Å². The van der Waals surface area contributed by atoms with Crippen molar-refractivity contribution in [3.63, 3.8) is 0 Å². The van der Waals surface area contributed by atoms with Gasteiger partial charge in [0.15, 0.2) is 6.29 Å². The molecule has 0 saturated carbocycles. The molecule has 8 nitrogen and oxygen atoms in total. The van der Waals surface area contributed by atoms with Crippen LogP contribution in [0, 0.1) is 0 Å². The molecule has 8 heteroatoms. The first-order chi connectivity index (χ1) is 22.1. The number of hydrogen-bond acceptors (Lipinski definition) is 7. The first kappa shape index (κ1) is 31.1. The first-order valence-electron chi connectivity index (χ1n) is 15.7. The van der Waals surface area contributed by atoms with Gasteiger partial charge in [-0.1, -0.05) is 60.7 Å². The monoisotopic (exact) mass is 607 g/mol. The number of aliphatic hydroxyl groups excluding tert-OH is 1. The Balaban J connectivity index is 1.20. The Bertz CT molecular complexity index is 1550. The highest BCUT2D eigenvalue weighted by atomic mass is 16.7. The maximum atomic E-state index is 12.5. The van der Waals surface area contributed by atoms with Crippen LogP contribution in [-0.4, -0.2) is 59.8 Å². The van der Waals surface area contributed by atoms with Crippen LogP contribution < -0.4 is 5.32 Å². The molecule has 234 valence electrons. The van der Waals surface area contributed by atoms with Crippen LogP contribution in [0.5, 0.6) is 0 Å². The quantitative estimate of drug-likeness (QED) is 0.222. The first-order valence-corrected chi connectivity index (χ1v) is 15.7. The zero-order valence-corrected chi connectivity index (χ0v) is 25.7. The lowest BCUT2D eigenvalue weighted by Gasteiger charge is -2.39. The molecule has 0 unspecified atom stereocenters. The van der Waals surface area contributed by atoms with E-state index >= 15 is 0 Å². The predicted molar refractivity (Wildman–Crippen MR) is 172 cm³/mol. The van der Waals surface area contributed by atoms with E-state index in [4.69, 9.17) is 14.2 Å². The van der Waals surface area contributed by atoms with E-state index in [1.807, 2.05) is 42.5 Å². The van der Waals surface area contributed by atoms with Crippen LogP contribution in [0.1, 0.15) is 64.3 Å². The molecule has 2 aliphatic heterocycles. The highest BCUT2D eigenvalue weighted by Gasteiger charge is 2.35. The lowest BCUT2D eigenvalue weighted by molar-refractivity contribution is -0.253. The second-order valence-electron chi connectivity index (χ2n) is 11.8. The molecule has 0 spiro atoms. The van der Waals surface area contributed by atoms with E-state index in [-0.39, 0.29) is 24.7 Å². The number of benzene rings is 3. The van der Waals surface area contributed by atoms with Crippen LogP contribution in [0.25, 0.3) is 11.1 Å². The van der Waals surface area contributed by atoms with Gasteiger partial charge in [0.25, 0.3) is 5.91 Å². The Morgan fingerprint density at radius 2 is 1.80 bits per heavy atom. The molecule has 3 heterocycles. The number of rotatable bonds is 11. The minimum atomic E-state index is -0.531. The number of nitrogens with one attached hydrogen (secondary N) is 1. The second-order valence-corrected chi connectivity index (χ2v) is 11.8. The summed E-state index contributed by atoms with van der Waals surface area (Å²) in [6, 6.07) is 28.4. The van der Waals surface area contributed by atoms with Gasteiger partial charge in [-0.05, 0) is 71.5 Å². The van der Waals surface area contributed by atoms with Gasteiger partial charge in [0.1, 0.15) is 0 Å². The van der Waals surface area contributed by atoms with Crippen LogP contribution in [0.15, 0.2) is 97.3 Å². The van der Waals surface area contributed by atoms with E-state index in [9.17, 15) is 9.90 Å². The maximum absolute atomic E-state index is 12.5. The zero-order chi connectivity index (χ0) is 31.0. The van der Waals surface area contributed by atoms with Crippen molar-refractivity contribution in [2.24, 2.45) is 0 Å². The van der Waals surface area contributed by atoms with Gasteiger partial charge < -0.3 is 24.6 Å². The lowest BCUT2D eigenvalue weighted by Crippen LogP contribution is -2.42. The molecule has 2 saturated heterocycles. The van der Waals surface area contributed by atoms with E-state index in [2.05, 4.69) is 45.5 Å². The number of carbonyl (C=O) groups is 1. The fraction of sp³-hybridized carbons (Fsp3) is 0.351. The number of aliphatic hydroxyl groups is 1. The molecule has 2 fully saturated rings. The SMILES string of the molecule is COC[C@@H]1CCCN1C[C@H]1C[C@@H](c2ccc(CO)cc2)O[C@@H](c2cccc(-c3cccc(CNC(=O)c4cccnc4)c3)c2)O1. The molecular formula is C37H41N3O5. The molecule has 2 N–H and O–H groups in total. The summed E-state index contributed by atoms with van der Waals surface area (Å²) >= 11 is 0. The van der Waals surface area contributed by atoms with Crippen molar-refractivity contribution in [2.75, 3.05) is 26.8 Å². The molecule has 1 aromatic heterocycles. The molecule has 1 amide bonds. The third-order valence-corrected chi connectivity index (χ3v) is 8.71. The molecule has 0 radical (unpaired) electrons. The topological polar surface area (TPSA) is 93.2 Å². The van der Waals surface area contributed by atoms with E-state index in [0.717, 1.165) is 65.9 Å². The fourth-order valence-corrected chi connectivity index (χ4v) is 6.32. The Morgan fingerprint density at radius 3 is 2.58 bits per heavy atom. The average Bonchev–Trinajstić information content (AvgIpc) is 3.54. The molecule has 4 atom stereocenters. The second kappa shape index (κ2) is 14.9. The highest BCUT2D eigenvalue weighted by molar-refractivity contribution is 5.93. The number of hydrogen-bond donors (Lipinski definition) is 2. The van der Waals surface area contributed by atoms with Crippen LogP contribution in [0.3, 0.4) is 0 Å². The normalized spacial score (nSPS) is 21.9. The van der Waals surface area contributed by atoms with Crippen molar-refractivity contribution in [2.45, 2.75) is 57.0 Å². The third kappa shape index (κ3) is 7.84. The van der Waals surface area contributed by atoms with Crippen molar-refractivity contribution in [3.8, 4) is 11.1 Å². The Labute approximate surface area is 265 Å². The van der Waals surface area contributed by atoms with Gasteiger partial charge in [0, 0.05) is 50.6 Å². The summed E-state index contributed by atoms with van der Waals surface area (Å²) < 4.78 is 18.8. The van der Waals surface area contributed by atoms with Gasteiger partial charge in [-0.25, -0.2) is 0 Å². The number of nitrogens with zero attached hydrogens (tertiary/aromatic N) is 2. The molecule has 3 aromatic carbocycles. The number of aromatic nitrogens is 1. The zero-order valence-electron chi connectivity index (χ0n) is 25.7. The summed E-state index contributed by atoms with van der Waals surface area (Å²) in [6.45, 7) is 3.03. The minimum Gasteiger partial charge on any atom is -0.392 e. The van der Waals surface area contributed by atoms with Crippen LogP contribution >= 0.6 is 0 Å². The van der Waals surface area contributed by atoms with Gasteiger partial charge >= 0.3 is 0 Å². The Hall–Kier alpha value is -3.92. The Kier molecular flexibility index (Phi) is 10.3. The Morgan fingerprint density at radius 1 is 0.978 bits per heavy atom. The smallest absolute Gasteiger partial charge is 0.253 e. The fourth-order valence-electron chi connectivity index (χ4n) is 6.32. The maximum Gasteiger partial charge on any atom is 0.253 e. The number of likely N-dealkylation sites (tertiary alicyclic amines) is 1. The molecule has 0 bridgehead atoms. The highest BCUT2D eigenvalue weighted by Crippen LogP contribution is 2.39. The molecular weight excluding hydrogens is 566 g/mol. The molecule has 2 aliphatic rings. The largest absolute Gasteiger partial charge is 0.392 e. The van der Waals surface area contributed by atoms with Crippen LogP contribution in [0.4, 0.5) is 0 Å². The molecule has 0 aliphatic carbocycles. The summed E-state index contributed by atoms with van der Waals surface area (Å²) in [7, 11) is 1.77. The molecule has 4 aromatic rings. The third-order valence-electron chi connectivity index (χ3n) is 8.71. The summed E-state index contributed by atoms with van der Waals surface area (Å²) in [5.41, 5.74) is 6.55. The lowest BCUT2D eigenvalue weighted by atomic mass is 9.98. The number of ether oxygens (including phenoxy) is 3. The standard InChI is InChI=1S/C37H41N3O5/c1-43-25-33-11-5-17-40(33)23-34-20-35(28-14-12-26(24-41)13-15-28)45-37(44-34)31-9-3-8-30(19-31)29-7-2-6-27(18-29)21-39-36(42)32-10-4-16-38-22-32/h2-4,6-10,12-16,18-19,22,33-35,37,41H,5,11,17,20-21,23-25H2,1H3,(H,39,42)/t33-,34+,35-,37-/m0/s1. The van der Waals surface area contributed by atoms with Gasteiger partial charge in [-0.2, -0.15) is 0 Å². The number of methoxy groups -OCH3 is 1. The summed E-state index contributed by atoms with van der Waals surface area (Å²) in [6.07, 6.45) is 5.59. The summed E-state index contributed by atoms with van der Waals surface area (Å²) in [5.74, 6) is -0.153. The summed E-state index contributed by atoms with van der Waals surface area (Å²) in [5, 5.41) is 12.5. The average molecular weight is 608 g/mol. The van der Waals surface area contributed by atoms with E-state index in [0.29, 0.717) is 18.2 Å². The van der Waals surface area contributed by atoms with Crippen molar-refractivity contribution in [3.05, 3.63) is 125 Å². The number of pyridine rings is 1. The number of amides is 1.